The van der Waals surface area contributed by atoms with E-state index in [4.69, 9.17) is 0 Å². The Morgan fingerprint density at radius 2 is 1.89 bits per heavy atom. The molecule has 0 aromatic rings. The summed E-state index contributed by atoms with van der Waals surface area (Å²) in [6.45, 7) is 9.66. The second-order valence-corrected chi connectivity index (χ2v) is 3.00. The zero-order chi connectivity index (χ0) is 7.54. The van der Waals surface area contributed by atoms with Crippen molar-refractivity contribution in [2.45, 2.75) is 27.2 Å². The maximum Gasteiger partial charge on any atom is -0.00703 e. The van der Waals surface area contributed by atoms with E-state index in [1.807, 2.05) is 18.7 Å². The molecule has 0 aromatic heterocycles. The van der Waals surface area contributed by atoms with E-state index in [0.29, 0.717) is 0 Å². The Morgan fingerprint density at radius 3 is 2.00 bits per heavy atom. The van der Waals surface area contributed by atoms with Crippen LogP contribution < -0.4 is 0 Å². The molecular formula is C8H18S. The Kier molecular flexibility index (Phi) is 20.6. The van der Waals surface area contributed by atoms with Gasteiger partial charge in [-0.05, 0) is 24.9 Å². The third kappa shape index (κ3) is 31.4. The molecule has 0 unspecified atom stereocenters. The quantitative estimate of drug-likeness (QED) is 0.434. The summed E-state index contributed by atoms with van der Waals surface area (Å²) in [7, 11) is 0. The van der Waals surface area contributed by atoms with Gasteiger partial charge in [0.1, 0.15) is 0 Å². The van der Waals surface area contributed by atoms with Crippen molar-refractivity contribution in [3.8, 4) is 0 Å². The van der Waals surface area contributed by atoms with Gasteiger partial charge in [-0.2, -0.15) is 11.8 Å². The average Bonchev–Trinajstić information content (AvgIpc) is 1.86. The van der Waals surface area contributed by atoms with Crippen LogP contribution in [0.5, 0.6) is 0 Å². The average molecular weight is 146 g/mol. The van der Waals surface area contributed by atoms with Gasteiger partial charge in [0.15, 0.2) is 0 Å². The predicted molar refractivity (Wildman–Crippen MR) is 49.2 cm³/mol. The summed E-state index contributed by atoms with van der Waals surface area (Å²) in [5, 5.41) is 0. The zero-order valence-corrected chi connectivity index (χ0v) is 7.63. The first-order valence-corrected chi connectivity index (χ1v) is 4.63. The van der Waals surface area contributed by atoms with Crippen molar-refractivity contribution in [1.82, 2.24) is 0 Å². The lowest BCUT2D eigenvalue weighted by atomic mass is 10.6. The molecule has 0 rings (SSSR count). The monoisotopic (exact) mass is 146 g/mol. The van der Waals surface area contributed by atoms with Crippen LogP contribution in [0.3, 0.4) is 0 Å². The minimum Gasteiger partial charge on any atom is -0.162 e. The Bertz CT molecular complexity index is 37.8. The van der Waals surface area contributed by atoms with Crippen LogP contribution in [-0.4, -0.2) is 11.5 Å². The van der Waals surface area contributed by atoms with E-state index in [-0.39, 0.29) is 0 Å². The van der Waals surface area contributed by atoms with Crippen LogP contribution in [-0.2, 0) is 0 Å². The number of thioether (sulfide) groups is 1. The fourth-order valence-corrected chi connectivity index (χ4v) is 0.866. The molecule has 0 aromatic carbocycles. The van der Waals surface area contributed by atoms with Crippen molar-refractivity contribution in [2.75, 3.05) is 11.5 Å². The summed E-state index contributed by atoms with van der Waals surface area (Å²) in [4.78, 5) is 0. The molecule has 0 nitrogen and oxygen atoms in total. The van der Waals surface area contributed by atoms with Gasteiger partial charge in [0.2, 0.25) is 0 Å². The van der Waals surface area contributed by atoms with Gasteiger partial charge in [0, 0.05) is 0 Å². The van der Waals surface area contributed by atoms with Gasteiger partial charge < -0.3 is 0 Å². The lowest BCUT2D eigenvalue weighted by Gasteiger charge is -1.87. The summed E-state index contributed by atoms with van der Waals surface area (Å²) in [6, 6.07) is 0. The van der Waals surface area contributed by atoms with Gasteiger partial charge in [0.25, 0.3) is 0 Å². The van der Waals surface area contributed by atoms with Crippen LogP contribution in [0.15, 0.2) is 12.7 Å². The van der Waals surface area contributed by atoms with E-state index >= 15 is 0 Å². The first-order valence-electron chi connectivity index (χ1n) is 3.48. The topological polar surface area (TPSA) is 0 Å². The number of hydrogen-bond acceptors (Lipinski definition) is 1. The van der Waals surface area contributed by atoms with Gasteiger partial charge in [-0.3, -0.25) is 0 Å². The third-order valence-electron chi connectivity index (χ3n) is 0.553. The second-order valence-electron chi connectivity index (χ2n) is 1.61. The van der Waals surface area contributed by atoms with E-state index in [1.54, 1.807) is 6.08 Å². The molecule has 0 radical (unpaired) electrons. The van der Waals surface area contributed by atoms with Gasteiger partial charge in [0.05, 0.1) is 0 Å². The molecule has 0 fully saturated rings. The van der Waals surface area contributed by atoms with Gasteiger partial charge >= 0.3 is 0 Å². The maximum absolute atomic E-state index is 3.36. The van der Waals surface area contributed by atoms with Gasteiger partial charge in [-0.25, -0.2) is 0 Å². The van der Waals surface area contributed by atoms with Crippen LogP contribution >= 0.6 is 11.8 Å². The molecule has 0 aliphatic rings. The Balaban J connectivity index is 0. The number of rotatable bonds is 3. The summed E-state index contributed by atoms with van der Waals surface area (Å²) >= 11 is 2.01. The summed E-state index contributed by atoms with van der Waals surface area (Å²) in [5.41, 5.74) is 0. The molecule has 1 heteroatoms. The van der Waals surface area contributed by atoms with E-state index in [9.17, 15) is 0 Å². The Morgan fingerprint density at radius 1 is 1.44 bits per heavy atom. The summed E-state index contributed by atoms with van der Waals surface area (Å²) in [5.74, 6) is 2.60. The molecule has 0 aliphatic carbocycles. The Hall–Kier alpha value is 0.0900. The minimum atomic E-state index is 1.27. The molecule has 0 saturated carbocycles. The van der Waals surface area contributed by atoms with Crippen LogP contribution in [0.2, 0.25) is 0 Å². The van der Waals surface area contributed by atoms with Crippen LogP contribution in [0.4, 0.5) is 0 Å². The minimum absolute atomic E-state index is 1.27. The van der Waals surface area contributed by atoms with Crippen molar-refractivity contribution >= 4 is 11.8 Å². The standard InChI is InChI=1S/C5H12S.C3H6/c1-3-5-6-4-2;1-3-2/h3-5H2,1-2H3;3H,1H2,2H3. The van der Waals surface area contributed by atoms with Crippen LogP contribution in [0, 0.1) is 0 Å². The SMILES string of the molecule is C=CC.CCCSCC. The molecule has 0 bridgehead atoms. The van der Waals surface area contributed by atoms with Crippen molar-refractivity contribution in [3.05, 3.63) is 12.7 Å². The Labute approximate surface area is 63.7 Å². The largest absolute Gasteiger partial charge is 0.162 e. The number of allylic oxidation sites excluding steroid dienone is 1. The van der Waals surface area contributed by atoms with Crippen LogP contribution in [0.1, 0.15) is 27.2 Å². The van der Waals surface area contributed by atoms with Gasteiger partial charge in [-0.1, -0.05) is 19.9 Å². The van der Waals surface area contributed by atoms with E-state index in [2.05, 4.69) is 20.4 Å². The fraction of sp³-hybridized carbons (Fsp3) is 0.750. The molecule has 0 spiro atoms. The molecule has 0 heterocycles. The van der Waals surface area contributed by atoms with Crippen molar-refractivity contribution in [3.63, 3.8) is 0 Å². The third-order valence-corrected chi connectivity index (χ3v) is 1.66. The lowest BCUT2D eigenvalue weighted by Crippen LogP contribution is -1.71. The van der Waals surface area contributed by atoms with Gasteiger partial charge in [-0.15, -0.1) is 6.58 Å². The first-order chi connectivity index (χ1) is 4.33. The van der Waals surface area contributed by atoms with Crippen molar-refractivity contribution < 1.29 is 0 Å². The molecule has 0 atom stereocenters. The molecule has 0 aliphatic heterocycles. The molecule has 0 amide bonds. The lowest BCUT2D eigenvalue weighted by molar-refractivity contribution is 1.11. The van der Waals surface area contributed by atoms with Crippen molar-refractivity contribution in [1.29, 1.82) is 0 Å². The highest BCUT2D eigenvalue weighted by atomic mass is 32.2. The first kappa shape index (κ1) is 11.8. The smallest absolute Gasteiger partial charge is 0.00703 e. The highest BCUT2D eigenvalue weighted by molar-refractivity contribution is 7.99. The molecular weight excluding hydrogens is 128 g/mol. The zero-order valence-electron chi connectivity index (χ0n) is 6.81. The predicted octanol–water partition coefficient (Wildman–Crippen LogP) is 3.34. The normalized spacial score (nSPS) is 7.44. The molecule has 0 N–H and O–H groups in total. The number of hydrogen-bond donors (Lipinski definition) is 0. The highest BCUT2D eigenvalue weighted by Crippen LogP contribution is 1.98. The van der Waals surface area contributed by atoms with E-state index < -0.39 is 0 Å². The fourth-order valence-electron chi connectivity index (χ4n) is 0.289. The summed E-state index contributed by atoms with van der Waals surface area (Å²) < 4.78 is 0. The maximum atomic E-state index is 3.36. The molecule has 56 valence electrons. The molecule has 0 saturated heterocycles. The summed E-state index contributed by atoms with van der Waals surface area (Å²) in [6.07, 6.45) is 3.07. The van der Waals surface area contributed by atoms with E-state index in [0.717, 1.165) is 0 Å². The van der Waals surface area contributed by atoms with Crippen molar-refractivity contribution in [2.24, 2.45) is 0 Å². The highest BCUT2D eigenvalue weighted by Gasteiger charge is 1.74. The molecule has 9 heavy (non-hydrogen) atoms. The second kappa shape index (κ2) is 15.7. The van der Waals surface area contributed by atoms with Crippen LogP contribution in [0.25, 0.3) is 0 Å². The van der Waals surface area contributed by atoms with E-state index in [1.165, 1.54) is 17.9 Å².